The summed E-state index contributed by atoms with van der Waals surface area (Å²) in [6.45, 7) is 4.95. The van der Waals surface area contributed by atoms with E-state index in [1.54, 1.807) is 17.3 Å². The number of anilines is 2. The Hall–Kier alpha value is -3.26. The Balaban J connectivity index is 1.39. The third-order valence-electron chi connectivity index (χ3n) is 5.63. The van der Waals surface area contributed by atoms with Gasteiger partial charge in [0.25, 0.3) is 0 Å². The van der Waals surface area contributed by atoms with E-state index < -0.39 is 0 Å². The standard InChI is InChI=1S/C22H24N6O2/c1-14-9-19(15-11-24-21(25-12-15)26-13-17-3-2-8-30-17)27-20-10-16(4-5-18(14)20)28-7-6-23-22(28)29/h4-5,9-12,17H,2-3,6-8,13H2,1H3,(H,23,29)(H,24,25,26). The van der Waals surface area contributed by atoms with Gasteiger partial charge in [0, 0.05) is 55.3 Å². The molecule has 0 bridgehead atoms. The van der Waals surface area contributed by atoms with Crippen molar-refractivity contribution in [1.29, 1.82) is 0 Å². The Morgan fingerprint density at radius 3 is 2.87 bits per heavy atom. The minimum atomic E-state index is -0.0679. The third kappa shape index (κ3) is 3.66. The molecule has 2 amide bonds. The lowest BCUT2D eigenvalue weighted by molar-refractivity contribution is 0.120. The van der Waals surface area contributed by atoms with Crippen molar-refractivity contribution in [3.05, 3.63) is 42.2 Å². The van der Waals surface area contributed by atoms with Gasteiger partial charge in [-0.3, -0.25) is 4.90 Å². The van der Waals surface area contributed by atoms with Gasteiger partial charge in [-0.05, 0) is 43.5 Å². The lowest BCUT2D eigenvalue weighted by atomic mass is 10.1. The lowest BCUT2D eigenvalue weighted by Crippen LogP contribution is -2.27. The molecule has 8 heteroatoms. The molecule has 2 saturated heterocycles. The number of fused-ring (bicyclic) bond motifs is 1. The van der Waals surface area contributed by atoms with E-state index in [9.17, 15) is 4.79 Å². The van der Waals surface area contributed by atoms with Crippen molar-refractivity contribution in [3.8, 4) is 11.3 Å². The first-order valence-corrected chi connectivity index (χ1v) is 10.3. The second-order valence-electron chi connectivity index (χ2n) is 7.72. The first-order valence-electron chi connectivity index (χ1n) is 10.3. The van der Waals surface area contributed by atoms with Gasteiger partial charge in [0.05, 0.1) is 17.3 Å². The molecule has 3 aromatic rings. The molecule has 0 saturated carbocycles. The van der Waals surface area contributed by atoms with Gasteiger partial charge >= 0.3 is 6.03 Å². The minimum absolute atomic E-state index is 0.0679. The summed E-state index contributed by atoms with van der Waals surface area (Å²) in [5.74, 6) is 0.592. The van der Waals surface area contributed by atoms with Gasteiger partial charge in [-0.15, -0.1) is 0 Å². The summed E-state index contributed by atoms with van der Waals surface area (Å²) in [5, 5.41) is 7.14. The van der Waals surface area contributed by atoms with Crippen LogP contribution in [-0.2, 0) is 4.74 Å². The van der Waals surface area contributed by atoms with Crippen LogP contribution in [0.1, 0.15) is 18.4 Å². The van der Waals surface area contributed by atoms with E-state index in [0.29, 0.717) is 19.0 Å². The third-order valence-corrected chi connectivity index (χ3v) is 5.63. The van der Waals surface area contributed by atoms with E-state index in [4.69, 9.17) is 9.72 Å². The predicted molar refractivity (Wildman–Crippen MR) is 116 cm³/mol. The molecular formula is C22H24N6O2. The average molecular weight is 404 g/mol. The van der Waals surface area contributed by atoms with Crippen molar-refractivity contribution in [2.24, 2.45) is 0 Å². The minimum Gasteiger partial charge on any atom is -0.376 e. The molecule has 2 aromatic heterocycles. The molecule has 2 N–H and O–H groups in total. The van der Waals surface area contributed by atoms with Gasteiger partial charge in [0.1, 0.15) is 0 Å². The Morgan fingerprint density at radius 2 is 2.13 bits per heavy atom. The number of hydrogen-bond acceptors (Lipinski definition) is 6. The van der Waals surface area contributed by atoms with E-state index >= 15 is 0 Å². The van der Waals surface area contributed by atoms with Crippen LogP contribution in [0, 0.1) is 6.92 Å². The van der Waals surface area contributed by atoms with Gasteiger partial charge in [0.2, 0.25) is 5.95 Å². The van der Waals surface area contributed by atoms with Crippen LogP contribution < -0.4 is 15.5 Å². The van der Waals surface area contributed by atoms with Gasteiger partial charge in [-0.2, -0.15) is 0 Å². The fourth-order valence-electron chi connectivity index (χ4n) is 3.99. The second kappa shape index (κ2) is 7.87. The summed E-state index contributed by atoms with van der Waals surface area (Å²) < 4.78 is 5.62. The van der Waals surface area contributed by atoms with E-state index in [-0.39, 0.29) is 12.1 Å². The topological polar surface area (TPSA) is 92.3 Å². The SMILES string of the molecule is Cc1cc(-c2cnc(NCC3CCCO3)nc2)nc2cc(N3CCNC3=O)ccc12. The van der Waals surface area contributed by atoms with Crippen molar-refractivity contribution in [2.45, 2.75) is 25.9 Å². The number of benzene rings is 1. The molecule has 0 radical (unpaired) electrons. The molecule has 4 heterocycles. The summed E-state index contributed by atoms with van der Waals surface area (Å²) in [5.41, 5.74) is 4.49. The smallest absolute Gasteiger partial charge is 0.321 e. The molecule has 1 aromatic carbocycles. The molecule has 8 nitrogen and oxygen atoms in total. The zero-order chi connectivity index (χ0) is 20.5. The molecule has 2 aliphatic rings. The molecule has 2 fully saturated rings. The average Bonchev–Trinajstić information content (AvgIpc) is 3.44. The molecule has 30 heavy (non-hydrogen) atoms. The molecule has 2 aliphatic heterocycles. The van der Waals surface area contributed by atoms with Crippen LogP contribution in [0.4, 0.5) is 16.4 Å². The maximum atomic E-state index is 12.0. The van der Waals surface area contributed by atoms with E-state index in [1.165, 1.54) is 0 Å². The normalized spacial score (nSPS) is 18.8. The zero-order valence-electron chi connectivity index (χ0n) is 16.9. The summed E-state index contributed by atoms with van der Waals surface area (Å²) in [6.07, 6.45) is 6.01. The van der Waals surface area contributed by atoms with Crippen LogP contribution in [-0.4, -0.2) is 53.3 Å². The van der Waals surface area contributed by atoms with E-state index in [2.05, 4.69) is 27.5 Å². The fraction of sp³-hybridized carbons (Fsp3) is 0.364. The largest absolute Gasteiger partial charge is 0.376 e. The summed E-state index contributed by atoms with van der Waals surface area (Å²) in [6, 6.07) is 7.94. The van der Waals surface area contributed by atoms with Gasteiger partial charge < -0.3 is 15.4 Å². The van der Waals surface area contributed by atoms with Crippen LogP contribution in [0.15, 0.2) is 36.7 Å². The van der Waals surface area contributed by atoms with Crippen LogP contribution in [0.3, 0.4) is 0 Å². The van der Waals surface area contributed by atoms with Crippen molar-refractivity contribution in [3.63, 3.8) is 0 Å². The molecule has 154 valence electrons. The van der Waals surface area contributed by atoms with E-state index in [0.717, 1.165) is 59.4 Å². The Labute approximate surface area is 174 Å². The summed E-state index contributed by atoms with van der Waals surface area (Å²) in [7, 11) is 0. The van der Waals surface area contributed by atoms with Gasteiger partial charge in [-0.1, -0.05) is 6.07 Å². The molecule has 5 rings (SSSR count). The number of rotatable bonds is 5. The highest BCUT2D eigenvalue weighted by molar-refractivity contribution is 5.97. The number of hydrogen-bond donors (Lipinski definition) is 2. The van der Waals surface area contributed by atoms with Crippen LogP contribution in [0.5, 0.6) is 0 Å². The monoisotopic (exact) mass is 404 g/mol. The zero-order valence-corrected chi connectivity index (χ0v) is 16.9. The fourth-order valence-corrected chi connectivity index (χ4v) is 3.99. The molecule has 0 spiro atoms. The molecular weight excluding hydrogens is 380 g/mol. The lowest BCUT2D eigenvalue weighted by Gasteiger charge is -2.15. The molecule has 1 unspecified atom stereocenters. The Kier molecular flexibility index (Phi) is 4.92. The Bertz CT molecular complexity index is 1080. The van der Waals surface area contributed by atoms with Gasteiger partial charge in [0.15, 0.2) is 0 Å². The number of ether oxygens (including phenoxy) is 1. The van der Waals surface area contributed by atoms with Crippen LogP contribution in [0.25, 0.3) is 22.2 Å². The second-order valence-corrected chi connectivity index (χ2v) is 7.72. The highest BCUT2D eigenvalue weighted by atomic mass is 16.5. The number of pyridine rings is 1. The summed E-state index contributed by atoms with van der Waals surface area (Å²) >= 11 is 0. The number of amides is 2. The highest BCUT2D eigenvalue weighted by Crippen LogP contribution is 2.28. The number of nitrogens with zero attached hydrogens (tertiary/aromatic N) is 4. The molecule has 0 aliphatic carbocycles. The maximum Gasteiger partial charge on any atom is 0.321 e. The quantitative estimate of drug-likeness (QED) is 0.679. The summed E-state index contributed by atoms with van der Waals surface area (Å²) in [4.78, 5) is 27.4. The Morgan fingerprint density at radius 1 is 1.27 bits per heavy atom. The van der Waals surface area contributed by atoms with Crippen molar-refractivity contribution < 1.29 is 9.53 Å². The first-order chi connectivity index (χ1) is 14.7. The van der Waals surface area contributed by atoms with Crippen molar-refractivity contribution >= 4 is 28.6 Å². The van der Waals surface area contributed by atoms with Crippen molar-refractivity contribution in [1.82, 2.24) is 20.3 Å². The van der Waals surface area contributed by atoms with Crippen LogP contribution in [0.2, 0.25) is 0 Å². The van der Waals surface area contributed by atoms with Crippen LogP contribution >= 0.6 is 0 Å². The number of carbonyl (C=O) groups excluding carboxylic acids is 1. The number of aromatic nitrogens is 3. The highest BCUT2D eigenvalue weighted by Gasteiger charge is 2.21. The number of aryl methyl sites for hydroxylation is 1. The maximum absolute atomic E-state index is 12.0. The number of nitrogens with one attached hydrogen (secondary N) is 2. The number of carbonyl (C=O) groups is 1. The molecule has 1 atom stereocenters. The van der Waals surface area contributed by atoms with Gasteiger partial charge in [-0.25, -0.2) is 19.7 Å². The predicted octanol–water partition coefficient (Wildman–Crippen LogP) is 3.12. The van der Waals surface area contributed by atoms with E-state index in [1.807, 2.05) is 24.3 Å². The first kappa shape index (κ1) is 18.7. The van der Waals surface area contributed by atoms with Crippen molar-refractivity contribution in [2.75, 3.05) is 36.5 Å². The number of urea groups is 1.